The highest BCUT2D eigenvalue weighted by Crippen LogP contribution is 2.20. The van der Waals surface area contributed by atoms with Crippen LogP contribution in [0.5, 0.6) is 0 Å². The molecule has 0 saturated heterocycles. The molecule has 0 amide bonds. The van der Waals surface area contributed by atoms with Gasteiger partial charge in [-0.15, -0.1) is 12.8 Å². The average molecular weight is 321 g/mol. The summed E-state index contributed by atoms with van der Waals surface area (Å²) >= 11 is 0. The fourth-order valence-corrected chi connectivity index (χ4v) is 1.74. The predicted molar refractivity (Wildman–Crippen MR) is 91.5 cm³/mol. The molecule has 2 rings (SSSR count). The Labute approximate surface area is 140 Å². The van der Waals surface area contributed by atoms with Crippen LogP contribution in [0.3, 0.4) is 0 Å². The first-order chi connectivity index (χ1) is 11.6. The lowest BCUT2D eigenvalue weighted by Crippen LogP contribution is -2.04. The van der Waals surface area contributed by atoms with Gasteiger partial charge in [0.05, 0.1) is 4.92 Å². The number of carbonyl (C=O) groups excluding carboxylic acids is 1. The van der Waals surface area contributed by atoms with Crippen molar-refractivity contribution in [2.45, 2.75) is 0 Å². The van der Waals surface area contributed by atoms with Crippen LogP contribution in [0.1, 0.15) is 15.9 Å². The number of rotatable bonds is 5. The van der Waals surface area contributed by atoms with Crippen LogP contribution in [0.4, 0.5) is 5.69 Å². The Morgan fingerprint density at radius 2 is 1.54 bits per heavy atom. The van der Waals surface area contributed by atoms with Crippen LogP contribution in [0.2, 0.25) is 0 Å². The van der Waals surface area contributed by atoms with Gasteiger partial charge in [-0.3, -0.25) is 14.9 Å². The third-order valence-corrected chi connectivity index (χ3v) is 2.75. The predicted octanol–water partition coefficient (Wildman–Crippen LogP) is 3.10. The van der Waals surface area contributed by atoms with Crippen LogP contribution >= 0.6 is 0 Å². The number of nitro groups is 1. The maximum atomic E-state index is 12.1. The van der Waals surface area contributed by atoms with Gasteiger partial charge in [-0.1, -0.05) is 54.3 Å². The van der Waals surface area contributed by atoms with Crippen molar-refractivity contribution in [2.24, 2.45) is 0 Å². The van der Waals surface area contributed by atoms with E-state index >= 15 is 0 Å². The number of carbonyl (C=O) groups is 1. The molecule has 120 valence electrons. The standard InChI is InChI=1S/C13H9NO3.C6H6O/c15-13(10-6-2-1-3-7-10)11-8-4-5-9-12(11)14(16)17;1-3-5-7-6-4-2/h1-9H;1-2H,5-6H2. The molecule has 0 saturated carbocycles. The number of para-hydroxylation sites is 1. The largest absolute Gasteiger partial charge is 0.356 e. The van der Waals surface area contributed by atoms with E-state index in [1.807, 2.05) is 0 Å². The Hall–Kier alpha value is -3.41. The topological polar surface area (TPSA) is 69.4 Å². The molecule has 0 aromatic heterocycles. The molecule has 0 bridgehead atoms. The Balaban J connectivity index is 0.000000351. The Bertz CT molecular complexity index is 756. The van der Waals surface area contributed by atoms with Crippen molar-refractivity contribution in [2.75, 3.05) is 13.2 Å². The number of nitrogens with zero attached hydrogens (tertiary/aromatic N) is 1. The molecule has 24 heavy (non-hydrogen) atoms. The van der Waals surface area contributed by atoms with Crippen molar-refractivity contribution in [1.29, 1.82) is 0 Å². The summed E-state index contributed by atoms with van der Waals surface area (Å²) in [5.41, 5.74) is 0.395. The number of benzene rings is 2. The zero-order valence-corrected chi connectivity index (χ0v) is 12.8. The SMILES string of the molecule is C#CCOCC#C.O=C(c1ccccc1)c1ccccc1[N+](=O)[O-]. The van der Waals surface area contributed by atoms with Crippen molar-refractivity contribution in [3.05, 3.63) is 75.8 Å². The molecule has 2 aromatic rings. The molecule has 0 N–H and O–H groups in total. The maximum Gasteiger partial charge on any atom is 0.280 e. The monoisotopic (exact) mass is 321 g/mol. The van der Waals surface area contributed by atoms with Gasteiger partial charge in [0.25, 0.3) is 5.69 Å². The zero-order chi connectivity index (χ0) is 17.8. The molecule has 0 unspecified atom stereocenters. The van der Waals surface area contributed by atoms with E-state index in [9.17, 15) is 14.9 Å². The molecule has 5 nitrogen and oxygen atoms in total. The summed E-state index contributed by atoms with van der Waals surface area (Å²) in [5, 5.41) is 10.8. The molecule has 0 fully saturated rings. The number of hydrogen-bond donors (Lipinski definition) is 0. The summed E-state index contributed by atoms with van der Waals surface area (Å²) in [6.45, 7) is 0.619. The lowest BCUT2D eigenvalue weighted by Gasteiger charge is -2.01. The number of hydrogen-bond acceptors (Lipinski definition) is 4. The van der Waals surface area contributed by atoms with E-state index < -0.39 is 4.92 Å². The summed E-state index contributed by atoms with van der Waals surface area (Å²) in [4.78, 5) is 22.3. The van der Waals surface area contributed by atoms with Gasteiger partial charge in [-0.2, -0.15) is 0 Å². The van der Waals surface area contributed by atoms with Crippen LogP contribution in [0.25, 0.3) is 0 Å². The zero-order valence-electron chi connectivity index (χ0n) is 12.8. The summed E-state index contributed by atoms with van der Waals surface area (Å²) < 4.78 is 4.66. The van der Waals surface area contributed by atoms with Crippen molar-refractivity contribution < 1.29 is 14.5 Å². The lowest BCUT2D eigenvalue weighted by atomic mass is 10.0. The third kappa shape index (κ3) is 5.76. The van der Waals surface area contributed by atoms with Crippen LogP contribution in [-0.4, -0.2) is 23.9 Å². The van der Waals surface area contributed by atoms with E-state index in [4.69, 9.17) is 12.8 Å². The molecule has 5 heteroatoms. The minimum Gasteiger partial charge on any atom is -0.356 e. The van der Waals surface area contributed by atoms with Crippen molar-refractivity contribution in [1.82, 2.24) is 0 Å². The molecule has 0 aliphatic rings. The van der Waals surface area contributed by atoms with E-state index in [-0.39, 0.29) is 17.0 Å². The lowest BCUT2D eigenvalue weighted by molar-refractivity contribution is -0.385. The number of nitro benzene ring substituents is 1. The fourth-order valence-electron chi connectivity index (χ4n) is 1.74. The van der Waals surface area contributed by atoms with Crippen LogP contribution in [-0.2, 0) is 4.74 Å². The molecule has 0 spiro atoms. The Morgan fingerprint density at radius 1 is 1.00 bits per heavy atom. The van der Waals surface area contributed by atoms with Crippen LogP contribution in [0, 0.1) is 34.8 Å². The second-order valence-electron chi connectivity index (χ2n) is 4.37. The number of terminal acetylenes is 2. The van der Waals surface area contributed by atoms with Crippen LogP contribution < -0.4 is 0 Å². The highest BCUT2D eigenvalue weighted by atomic mass is 16.6. The maximum absolute atomic E-state index is 12.1. The van der Waals surface area contributed by atoms with Crippen LogP contribution in [0.15, 0.2) is 54.6 Å². The summed E-state index contributed by atoms with van der Waals surface area (Å²) in [6.07, 6.45) is 9.65. The van der Waals surface area contributed by atoms with E-state index in [1.54, 1.807) is 42.5 Å². The quantitative estimate of drug-likeness (QED) is 0.279. The Morgan fingerprint density at radius 3 is 2.08 bits per heavy atom. The highest BCUT2D eigenvalue weighted by molar-refractivity contribution is 6.11. The van der Waals surface area contributed by atoms with E-state index in [0.29, 0.717) is 18.8 Å². The van der Waals surface area contributed by atoms with Crippen molar-refractivity contribution in [3.63, 3.8) is 0 Å². The van der Waals surface area contributed by atoms with Gasteiger partial charge in [-0.25, -0.2) is 0 Å². The Kier molecular flexibility index (Phi) is 8.03. The van der Waals surface area contributed by atoms with Gasteiger partial charge < -0.3 is 4.74 Å². The molecular weight excluding hydrogens is 306 g/mol. The molecule has 0 radical (unpaired) electrons. The summed E-state index contributed by atoms with van der Waals surface area (Å²) in [5.74, 6) is 4.23. The fraction of sp³-hybridized carbons (Fsp3) is 0.105. The van der Waals surface area contributed by atoms with Crippen molar-refractivity contribution >= 4 is 11.5 Å². The van der Waals surface area contributed by atoms with E-state index in [2.05, 4.69) is 16.6 Å². The third-order valence-electron chi connectivity index (χ3n) is 2.75. The first kappa shape index (κ1) is 18.6. The smallest absolute Gasteiger partial charge is 0.280 e. The second-order valence-corrected chi connectivity index (χ2v) is 4.37. The molecule has 0 heterocycles. The summed E-state index contributed by atoms with van der Waals surface area (Å²) in [6, 6.07) is 14.5. The van der Waals surface area contributed by atoms with Crippen molar-refractivity contribution in [3.8, 4) is 24.7 Å². The van der Waals surface area contributed by atoms with Gasteiger partial charge in [0.2, 0.25) is 0 Å². The summed E-state index contributed by atoms with van der Waals surface area (Å²) in [7, 11) is 0. The molecule has 0 aliphatic heterocycles. The van der Waals surface area contributed by atoms with Gasteiger partial charge in [0.1, 0.15) is 18.8 Å². The van der Waals surface area contributed by atoms with Gasteiger partial charge in [0.15, 0.2) is 5.78 Å². The molecule has 0 atom stereocenters. The molecule has 2 aromatic carbocycles. The second kappa shape index (κ2) is 10.3. The van der Waals surface area contributed by atoms with E-state index in [0.717, 1.165) is 0 Å². The first-order valence-corrected chi connectivity index (χ1v) is 6.89. The first-order valence-electron chi connectivity index (χ1n) is 6.89. The van der Waals surface area contributed by atoms with Gasteiger partial charge in [0, 0.05) is 11.6 Å². The molecule has 0 aliphatic carbocycles. The minimum absolute atomic E-state index is 0.115. The number of ketones is 1. The molecular formula is C19H15NO4. The highest BCUT2D eigenvalue weighted by Gasteiger charge is 2.19. The van der Waals surface area contributed by atoms with Gasteiger partial charge in [-0.05, 0) is 6.07 Å². The minimum atomic E-state index is -0.545. The normalized spacial score (nSPS) is 8.92. The number of ether oxygens (including phenoxy) is 1. The van der Waals surface area contributed by atoms with E-state index in [1.165, 1.54) is 12.1 Å². The van der Waals surface area contributed by atoms with Gasteiger partial charge >= 0.3 is 0 Å². The average Bonchev–Trinajstić information content (AvgIpc) is 2.63.